The van der Waals surface area contributed by atoms with Gasteiger partial charge in [-0.3, -0.25) is 4.79 Å². The molecule has 0 radical (unpaired) electrons. The van der Waals surface area contributed by atoms with Gasteiger partial charge in [-0.2, -0.15) is 0 Å². The molecule has 0 N–H and O–H groups in total. The number of rotatable bonds is 10. The van der Waals surface area contributed by atoms with Crippen molar-refractivity contribution in [3.63, 3.8) is 0 Å². The molecule has 7 nitrogen and oxygen atoms in total. The molecule has 0 aliphatic carbocycles. The maximum absolute atomic E-state index is 12.1. The average Bonchev–Trinajstić information content (AvgIpc) is 3.16. The third-order valence-corrected chi connectivity index (χ3v) is 4.54. The Morgan fingerprint density at radius 3 is 2.61 bits per heavy atom. The van der Waals surface area contributed by atoms with E-state index in [0.29, 0.717) is 19.8 Å². The van der Waals surface area contributed by atoms with E-state index in [1.807, 2.05) is 26.0 Å². The van der Waals surface area contributed by atoms with Crippen LogP contribution < -0.4 is 4.74 Å². The fourth-order valence-electron chi connectivity index (χ4n) is 2.90. The monoisotopic (exact) mass is 393 g/mol. The summed E-state index contributed by atoms with van der Waals surface area (Å²) in [6.45, 7) is 7.18. The Bertz CT molecular complexity index is 636. The number of esters is 1. The summed E-state index contributed by atoms with van der Waals surface area (Å²) >= 11 is 0. The SMILES string of the molecule is Cc1cc(C)cc(OCCN(C)C(=O)COC(=O)C(C)OCC2CCCO2)c1. The van der Waals surface area contributed by atoms with Gasteiger partial charge in [0.2, 0.25) is 0 Å². The molecule has 1 amide bonds. The predicted octanol–water partition coefficient (Wildman–Crippen LogP) is 2.27. The highest BCUT2D eigenvalue weighted by Gasteiger charge is 2.22. The van der Waals surface area contributed by atoms with Crippen molar-refractivity contribution < 1.29 is 28.5 Å². The van der Waals surface area contributed by atoms with Crippen LogP contribution in [0.2, 0.25) is 0 Å². The molecule has 2 rings (SSSR count). The van der Waals surface area contributed by atoms with E-state index in [0.717, 1.165) is 36.3 Å². The van der Waals surface area contributed by atoms with E-state index < -0.39 is 12.1 Å². The molecule has 0 saturated carbocycles. The first kappa shape index (κ1) is 22.2. The summed E-state index contributed by atoms with van der Waals surface area (Å²) in [5.41, 5.74) is 2.25. The smallest absolute Gasteiger partial charge is 0.335 e. The Labute approximate surface area is 166 Å². The molecule has 2 atom stereocenters. The van der Waals surface area contributed by atoms with Crippen molar-refractivity contribution in [3.8, 4) is 5.75 Å². The molecule has 156 valence electrons. The van der Waals surface area contributed by atoms with E-state index in [1.165, 1.54) is 4.90 Å². The number of hydrogen-bond donors (Lipinski definition) is 0. The Kier molecular flexibility index (Phi) is 8.73. The van der Waals surface area contributed by atoms with Crippen LogP contribution in [0, 0.1) is 13.8 Å². The molecular formula is C21H31NO6. The molecule has 0 aromatic heterocycles. The third-order valence-electron chi connectivity index (χ3n) is 4.54. The fourth-order valence-corrected chi connectivity index (χ4v) is 2.90. The van der Waals surface area contributed by atoms with E-state index in [1.54, 1.807) is 14.0 Å². The van der Waals surface area contributed by atoms with Gasteiger partial charge in [0.1, 0.15) is 12.4 Å². The van der Waals surface area contributed by atoms with Gasteiger partial charge >= 0.3 is 5.97 Å². The summed E-state index contributed by atoms with van der Waals surface area (Å²) in [5.74, 6) is -0.0584. The first-order valence-corrected chi connectivity index (χ1v) is 9.70. The number of nitrogens with zero attached hydrogens (tertiary/aromatic N) is 1. The summed E-state index contributed by atoms with van der Waals surface area (Å²) in [4.78, 5) is 25.6. The molecule has 2 unspecified atom stereocenters. The minimum Gasteiger partial charge on any atom is -0.492 e. The number of amides is 1. The predicted molar refractivity (Wildman–Crippen MR) is 104 cm³/mol. The maximum Gasteiger partial charge on any atom is 0.335 e. The summed E-state index contributed by atoms with van der Waals surface area (Å²) in [7, 11) is 1.65. The van der Waals surface area contributed by atoms with Crippen molar-refractivity contribution in [3.05, 3.63) is 29.3 Å². The molecule has 1 saturated heterocycles. The van der Waals surface area contributed by atoms with Gasteiger partial charge in [0, 0.05) is 13.7 Å². The lowest BCUT2D eigenvalue weighted by molar-refractivity contribution is -0.162. The normalized spacial score (nSPS) is 17.2. The van der Waals surface area contributed by atoms with Gasteiger partial charge in [0.25, 0.3) is 5.91 Å². The molecule has 0 spiro atoms. The minimum absolute atomic E-state index is 0.0419. The van der Waals surface area contributed by atoms with Crippen LogP contribution >= 0.6 is 0 Å². The molecule has 28 heavy (non-hydrogen) atoms. The second-order valence-corrected chi connectivity index (χ2v) is 7.21. The summed E-state index contributed by atoms with van der Waals surface area (Å²) in [6.07, 6.45) is 1.27. The van der Waals surface area contributed by atoms with E-state index in [9.17, 15) is 9.59 Å². The van der Waals surface area contributed by atoms with Gasteiger partial charge in [-0.25, -0.2) is 4.79 Å². The van der Waals surface area contributed by atoms with Gasteiger partial charge in [-0.1, -0.05) is 6.07 Å². The molecule has 1 fully saturated rings. The van der Waals surface area contributed by atoms with Crippen molar-refractivity contribution in [1.29, 1.82) is 0 Å². The fraction of sp³-hybridized carbons (Fsp3) is 0.619. The first-order chi connectivity index (χ1) is 13.3. The van der Waals surface area contributed by atoms with Crippen molar-refractivity contribution in [2.75, 3.05) is 40.0 Å². The first-order valence-electron chi connectivity index (χ1n) is 9.70. The van der Waals surface area contributed by atoms with Crippen molar-refractivity contribution in [2.45, 2.75) is 45.8 Å². The molecular weight excluding hydrogens is 362 g/mol. The number of carbonyl (C=O) groups excluding carboxylic acids is 2. The average molecular weight is 393 g/mol. The third kappa shape index (κ3) is 7.48. The molecule has 7 heteroatoms. The number of aryl methyl sites for hydroxylation is 2. The Morgan fingerprint density at radius 2 is 1.96 bits per heavy atom. The maximum atomic E-state index is 12.1. The quantitative estimate of drug-likeness (QED) is 0.568. The number of likely N-dealkylation sites (N-methyl/N-ethyl adjacent to an activating group) is 1. The highest BCUT2D eigenvalue weighted by atomic mass is 16.6. The number of hydrogen-bond acceptors (Lipinski definition) is 6. The standard InChI is InChI=1S/C21H31NO6/c1-15-10-16(2)12-19(11-15)26-9-7-22(4)20(23)14-28-21(24)17(3)27-13-18-6-5-8-25-18/h10-12,17-18H,5-9,13-14H2,1-4H3. The Hall–Kier alpha value is -2.12. The summed E-state index contributed by atoms with van der Waals surface area (Å²) in [6, 6.07) is 5.98. The van der Waals surface area contributed by atoms with Gasteiger partial charge in [-0.15, -0.1) is 0 Å². The lowest BCUT2D eigenvalue weighted by Crippen LogP contribution is -2.36. The van der Waals surface area contributed by atoms with Gasteiger partial charge in [-0.05, 0) is 56.9 Å². The van der Waals surface area contributed by atoms with E-state index in [2.05, 4.69) is 6.07 Å². The zero-order chi connectivity index (χ0) is 20.5. The Morgan fingerprint density at radius 1 is 1.25 bits per heavy atom. The number of ether oxygens (including phenoxy) is 4. The zero-order valence-electron chi connectivity index (χ0n) is 17.2. The van der Waals surface area contributed by atoms with Crippen molar-refractivity contribution in [2.24, 2.45) is 0 Å². The van der Waals surface area contributed by atoms with Crippen LogP contribution in [0.1, 0.15) is 30.9 Å². The summed E-state index contributed by atoms with van der Waals surface area (Å²) < 4.78 is 21.7. The molecule has 1 aliphatic rings. The minimum atomic E-state index is -0.727. The molecule has 1 aliphatic heterocycles. The lowest BCUT2D eigenvalue weighted by Gasteiger charge is -2.19. The van der Waals surface area contributed by atoms with Crippen LogP contribution in [0.5, 0.6) is 5.75 Å². The lowest BCUT2D eigenvalue weighted by atomic mass is 10.1. The highest BCUT2D eigenvalue weighted by molar-refractivity contribution is 5.81. The van der Waals surface area contributed by atoms with Crippen LogP contribution in [0.25, 0.3) is 0 Å². The van der Waals surface area contributed by atoms with Crippen LogP contribution in [0.15, 0.2) is 18.2 Å². The highest BCUT2D eigenvalue weighted by Crippen LogP contribution is 2.16. The zero-order valence-corrected chi connectivity index (χ0v) is 17.2. The number of carbonyl (C=O) groups is 2. The van der Waals surface area contributed by atoms with Crippen molar-refractivity contribution >= 4 is 11.9 Å². The van der Waals surface area contributed by atoms with Crippen LogP contribution in [-0.4, -0.2) is 69.0 Å². The topological polar surface area (TPSA) is 74.3 Å². The second-order valence-electron chi connectivity index (χ2n) is 7.21. The van der Waals surface area contributed by atoms with Crippen LogP contribution in [-0.2, 0) is 23.8 Å². The number of benzene rings is 1. The van der Waals surface area contributed by atoms with Crippen molar-refractivity contribution in [1.82, 2.24) is 4.90 Å². The summed E-state index contributed by atoms with van der Waals surface area (Å²) in [5, 5.41) is 0. The second kappa shape index (κ2) is 11.0. The van der Waals surface area contributed by atoms with Gasteiger partial charge < -0.3 is 23.8 Å². The van der Waals surface area contributed by atoms with Gasteiger partial charge in [0.05, 0.1) is 19.3 Å². The van der Waals surface area contributed by atoms with Crippen LogP contribution in [0.3, 0.4) is 0 Å². The van der Waals surface area contributed by atoms with Crippen LogP contribution in [0.4, 0.5) is 0 Å². The molecule has 1 heterocycles. The largest absolute Gasteiger partial charge is 0.492 e. The van der Waals surface area contributed by atoms with E-state index >= 15 is 0 Å². The van der Waals surface area contributed by atoms with E-state index in [-0.39, 0.29) is 18.6 Å². The van der Waals surface area contributed by atoms with E-state index in [4.69, 9.17) is 18.9 Å². The van der Waals surface area contributed by atoms with Gasteiger partial charge in [0.15, 0.2) is 12.7 Å². The Balaban J connectivity index is 1.63. The molecule has 1 aromatic rings. The molecule has 1 aromatic carbocycles. The molecule has 0 bridgehead atoms.